The lowest BCUT2D eigenvalue weighted by molar-refractivity contribution is -0.135. The summed E-state index contributed by atoms with van der Waals surface area (Å²) in [5.74, 6) is -1.01. The minimum absolute atomic E-state index is 0.00678. The number of carbonyl (C=O) groups excluding carboxylic acids is 2. The molecule has 0 aliphatic carbocycles. The summed E-state index contributed by atoms with van der Waals surface area (Å²) in [6, 6.07) is 3.58. The standard InChI is InChI=1S/C17H23N3O3S/c1-5-23-16(22)15(13-7-11-24-12-13)19-20(14(21)6-9-18)10-8-17(2,3)4/h7,11-12H,5-6,8,10H2,1-4H3/b19-15+. The molecule has 0 spiro atoms. The van der Waals surface area contributed by atoms with Gasteiger partial charge in [-0.3, -0.25) is 4.79 Å². The molecule has 1 aromatic heterocycles. The van der Waals surface area contributed by atoms with Gasteiger partial charge in [0.05, 0.1) is 12.7 Å². The molecular formula is C17H23N3O3S. The Balaban J connectivity index is 3.15. The van der Waals surface area contributed by atoms with Crippen molar-refractivity contribution in [3.05, 3.63) is 22.4 Å². The summed E-state index contributed by atoms with van der Waals surface area (Å²) in [7, 11) is 0. The van der Waals surface area contributed by atoms with E-state index >= 15 is 0 Å². The van der Waals surface area contributed by atoms with Gasteiger partial charge in [0.15, 0.2) is 5.71 Å². The maximum absolute atomic E-state index is 12.2. The van der Waals surface area contributed by atoms with Crippen molar-refractivity contribution in [1.29, 1.82) is 5.26 Å². The number of nitrogens with zero attached hydrogens (tertiary/aromatic N) is 3. The minimum atomic E-state index is -0.582. The van der Waals surface area contributed by atoms with E-state index in [-0.39, 0.29) is 24.2 Å². The van der Waals surface area contributed by atoms with Crippen LogP contribution in [0.25, 0.3) is 0 Å². The first-order valence-corrected chi connectivity index (χ1v) is 8.68. The Morgan fingerprint density at radius 2 is 2.12 bits per heavy atom. The number of carbonyl (C=O) groups is 2. The van der Waals surface area contributed by atoms with Crippen LogP contribution < -0.4 is 0 Å². The maximum Gasteiger partial charge on any atom is 0.359 e. The Bertz CT molecular complexity index is 624. The van der Waals surface area contributed by atoms with E-state index in [0.29, 0.717) is 18.5 Å². The molecule has 0 saturated carbocycles. The van der Waals surface area contributed by atoms with Crippen LogP contribution in [0.3, 0.4) is 0 Å². The van der Waals surface area contributed by atoms with Gasteiger partial charge in [-0.05, 0) is 30.2 Å². The minimum Gasteiger partial charge on any atom is -0.461 e. The van der Waals surface area contributed by atoms with Crippen LogP contribution in [0.2, 0.25) is 0 Å². The molecule has 1 rings (SSSR count). The number of hydrazone groups is 1. The average molecular weight is 349 g/mol. The lowest BCUT2D eigenvalue weighted by atomic mass is 9.92. The molecule has 130 valence electrons. The third-order valence-electron chi connectivity index (χ3n) is 3.08. The van der Waals surface area contributed by atoms with Gasteiger partial charge in [-0.2, -0.15) is 21.7 Å². The number of amides is 1. The van der Waals surface area contributed by atoms with Gasteiger partial charge in [0.1, 0.15) is 6.42 Å². The smallest absolute Gasteiger partial charge is 0.359 e. The van der Waals surface area contributed by atoms with Crippen LogP contribution in [0.4, 0.5) is 0 Å². The van der Waals surface area contributed by atoms with E-state index < -0.39 is 11.9 Å². The summed E-state index contributed by atoms with van der Waals surface area (Å²) in [6.07, 6.45) is 0.404. The molecule has 1 heterocycles. The molecule has 0 saturated heterocycles. The third kappa shape index (κ3) is 6.50. The van der Waals surface area contributed by atoms with Crippen molar-refractivity contribution in [3.8, 4) is 6.07 Å². The van der Waals surface area contributed by atoms with Crippen LogP contribution in [0.5, 0.6) is 0 Å². The molecule has 24 heavy (non-hydrogen) atoms. The van der Waals surface area contributed by atoms with E-state index in [1.54, 1.807) is 18.4 Å². The molecule has 0 bridgehead atoms. The highest BCUT2D eigenvalue weighted by Gasteiger charge is 2.22. The van der Waals surface area contributed by atoms with Gasteiger partial charge >= 0.3 is 5.97 Å². The molecule has 7 heteroatoms. The van der Waals surface area contributed by atoms with Gasteiger partial charge in [-0.25, -0.2) is 9.80 Å². The fraction of sp³-hybridized carbons (Fsp3) is 0.529. The van der Waals surface area contributed by atoms with Crippen molar-refractivity contribution >= 4 is 28.9 Å². The van der Waals surface area contributed by atoms with E-state index in [1.165, 1.54) is 16.3 Å². The molecule has 0 aliphatic rings. The maximum atomic E-state index is 12.2. The zero-order valence-corrected chi connectivity index (χ0v) is 15.4. The fourth-order valence-corrected chi connectivity index (χ4v) is 2.41. The molecule has 6 nitrogen and oxygen atoms in total. The summed E-state index contributed by atoms with van der Waals surface area (Å²) in [5.41, 5.74) is 0.676. The topological polar surface area (TPSA) is 82.8 Å². The summed E-state index contributed by atoms with van der Waals surface area (Å²) in [5, 5.41) is 17.8. The number of rotatable bonds is 7. The number of esters is 1. The van der Waals surface area contributed by atoms with Crippen molar-refractivity contribution in [2.75, 3.05) is 13.2 Å². The highest BCUT2D eigenvalue weighted by atomic mass is 32.1. The Kier molecular flexibility index (Phi) is 7.59. The SMILES string of the molecule is CCOC(=O)/C(=N/N(CCC(C)(C)C)C(=O)CC#N)c1ccsc1. The van der Waals surface area contributed by atoms with Gasteiger partial charge in [0.25, 0.3) is 5.91 Å². The molecule has 1 amide bonds. The Hall–Kier alpha value is -2.20. The third-order valence-corrected chi connectivity index (χ3v) is 3.76. The van der Waals surface area contributed by atoms with E-state index in [0.717, 1.165) is 0 Å². The van der Waals surface area contributed by atoms with Gasteiger partial charge in [0.2, 0.25) is 0 Å². The van der Waals surface area contributed by atoms with Crippen molar-refractivity contribution in [1.82, 2.24) is 5.01 Å². The molecule has 0 radical (unpaired) electrons. The van der Waals surface area contributed by atoms with Crippen molar-refractivity contribution < 1.29 is 14.3 Å². The molecule has 0 atom stereocenters. The first-order valence-electron chi connectivity index (χ1n) is 7.74. The van der Waals surface area contributed by atoms with Crippen LogP contribution in [0.15, 0.2) is 21.9 Å². The number of hydrogen-bond donors (Lipinski definition) is 0. The molecule has 0 N–H and O–H groups in total. The van der Waals surface area contributed by atoms with Gasteiger partial charge in [-0.15, -0.1) is 0 Å². The van der Waals surface area contributed by atoms with Crippen molar-refractivity contribution in [3.63, 3.8) is 0 Å². The second-order valence-electron chi connectivity index (χ2n) is 6.34. The molecule has 0 aliphatic heterocycles. The van der Waals surface area contributed by atoms with Crippen LogP contribution >= 0.6 is 11.3 Å². The van der Waals surface area contributed by atoms with Crippen molar-refractivity contribution in [2.24, 2.45) is 10.5 Å². The second kappa shape index (κ2) is 9.18. The molecule has 1 aromatic rings. The Labute approximate surface area is 146 Å². The van der Waals surface area contributed by atoms with Gasteiger partial charge in [0, 0.05) is 17.5 Å². The number of thiophene rings is 1. The summed E-state index contributed by atoms with van der Waals surface area (Å²) >= 11 is 1.42. The van der Waals surface area contributed by atoms with Crippen molar-refractivity contribution in [2.45, 2.75) is 40.5 Å². The Morgan fingerprint density at radius 3 is 2.62 bits per heavy atom. The fourth-order valence-electron chi connectivity index (χ4n) is 1.77. The largest absolute Gasteiger partial charge is 0.461 e. The number of ether oxygens (including phenoxy) is 1. The zero-order chi connectivity index (χ0) is 18.2. The summed E-state index contributed by atoms with van der Waals surface area (Å²) in [6.45, 7) is 8.41. The summed E-state index contributed by atoms with van der Waals surface area (Å²) < 4.78 is 5.05. The predicted octanol–water partition coefficient (Wildman–Crippen LogP) is 3.19. The lowest BCUT2D eigenvalue weighted by Gasteiger charge is -2.23. The normalized spacial score (nSPS) is 11.7. The van der Waals surface area contributed by atoms with Crippen LogP contribution in [-0.2, 0) is 14.3 Å². The molecular weight excluding hydrogens is 326 g/mol. The predicted molar refractivity (Wildman–Crippen MR) is 93.5 cm³/mol. The van der Waals surface area contributed by atoms with E-state index in [1.807, 2.05) is 11.4 Å². The highest BCUT2D eigenvalue weighted by Crippen LogP contribution is 2.20. The zero-order valence-electron chi connectivity index (χ0n) is 14.5. The average Bonchev–Trinajstić information content (AvgIpc) is 3.00. The quantitative estimate of drug-likeness (QED) is 0.430. The lowest BCUT2D eigenvalue weighted by Crippen LogP contribution is -2.32. The van der Waals surface area contributed by atoms with Gasteiger partial charge in [-0.1, -0.05) is 20.8 Å². The molecule has 0 aromatic carbocycles. The van der Waals surface area contributed by atoms with Crippen LogP contribution in [0.1, 0.15) is 46.1 Å². The number of hydrogen-bond acceptors (Lipinski definition) is 6. The highest BCUT2D eigenvalue weighted by molar-refractivity contribution is 7.08. The van der Waals surface area contributed by atoms with E-state index in [9.17, 15) is 9.59 Å². The second-order valence-corrected chi connectivity index (χ2v) is 7.12. The summed E-state index contributed by atoms with van der Waals surface area (Å²) in [4.78, 5) is 24.4. The van der Waals surface area contributed by atoms with Gasteiger partial charge < -0.3 is 4.74 Å². The molecule has 0 fully saturated rings. The molecule has 0 unspecified atom stereocenters. The first kappa shape index (κ1) is 19.8. The van der Waals surface area contributed by atoms with E-state index in [2.05, 4.69) is 25.9 Å². The van der Waals surface area contributed by atoms with Crippen LogP contribution in [-0.4, -0.2) is 35.7 Å². The van der Waals surface area contributed by atoms with Crippen LogP contribution in [0, 0.1) is 16.7 Å². The van der Waals surface area contributed by atoms with E-state index in [4.69, 9.17) is 10.00 Å². The Morgan fingerprint density at radius 1 is 1.42 bits per heavy atom. The first-order chi connectivity index (χ1) is 11.3. The number of nitriles is 1. The monoisotopic (exact) mass is 349 g/mol.